The molecule has 1 saturated heterocycles. The zero-order chi connectivity index (χ0) is 18.8. The number of fused-ring (bicyclic) bond motifs is 1. The van der Waals surface area contributed by atoms with Gasteiger partial charge >= 0.3 is 0 Å². The number of aromatic amines is 1. The molecular weight excluding hydrogens is 346 g/mol. The normalized spacial score (nSPS) is 19.5. The minimum Gasteiger partial charge on any atom is -0.363 e. The summed E-state index contributed by atoms with van der Waals surface area (Å²) in [7, 11) is 0. The predicted octanol–water partition coefficient (Wildman–Crippen LogP) is 2.53. The predicted molar refractivity (Wildman–Crippen MR) is 104 cm³/mol. The lowest BCUT2D eigenvalue weighted by atomic mass is 9.89. The topological polar surface area (TPSA) is 95.4 Å². The van der Waals surface area contributed by atoms with Crippen LogP contribution in [0.5, 0.6) is 0 Å². The summed E-state index contributed by atoms with van der Waals surface area (Å²) in [4.78, 5) is 34.3. The van der Waals surface area contributed by atoms with Gasteiger partial charge in [-0.15, -0.1) is 0 Å². The number of piperazine rings is 1. The van der Waals surface area contributed by atoms with Crippen LogP contribution in [0.15, 0.2) is 23.3 Å². The third kappa shape index (κ3) is 3.80. The van der Waals surface area contributed by atoms with Crippen molar-refractivity contribution < 1.29 is 4.92 Å². The number of nitrogens with one attached hydrogen (secondary N) is 1. The quantitative estimate of drug-likeness (QED) is 0.655. The summed E-state index contributed by atoms with van der Waals surface area (Å²) in [6, 6.07) is 3.03. The Kier molecular flexibility index (Phi) is 5.07. The summed E-state index contributed by atoms with van der Waals surface area (Å²) in [5, 5.41) is 11.8. The Labute approximate surface area is 157 Å². The fourth-order valence-corrected chi connectivity index (χ4v) is 4.40. The Morgan fingerprint density at radius 1 is 1.15 bits per heavy atom. The van der Waals surface area contributed by atoms with Crippen molar-refractivity contribution in [3.63, 3.8) is 0 Å². The molecule has 1 saturated carbocycles. The molecule has 8 nitrogen and oxygen atoms in total. The van der Waals surface area contributed by atoms with E-state index in [1.165, 1.54) is 44.5 Å². The largest absolute Gasteiger partial charge is 0.363 e. The van der Waals surface area contributed by atoms with Crippen LogP contribution in [-0.2, 0) is 0 Å². The van der Waals surface area contributed by atoms with Crippen LogP contribution in [0.3, 0.4) is 0 Å². The molecule has 2 fully saturated rings. The van der Waals surface area contributed by atoms with Crippen molar-refractivity contribution in [2.45, 2.75) is 32.1 Å². The maximum absolute atomic E-state index is 11.9. The van der Waals surface area contributed by atoms with Crippen molar-refractivity contribution >= 4 is 22.3 Å². The number of rotatable bonds is 4. The standard InChI is InChI=1S/C19H25N5O3/c25-19-15-10-18(24(26)27)17(11-16(15)20-13-21-19)23-8-6-22(7-9-23)12-14-4-2-1-3-5-14/h10-11,13-14H,1-9,12H2,(H,20,21,25). The Morgan fingerprint density at radius 2 is 1.89 bits per heavy atom. The van der Waals surface area contributed by atoms with Gasteiger partial charge in [-0.05, 0) is 24.8 Å². The van der Waals surface area contributed by atoms with Crippen LogP contribution in [-0.4, -0.2) is 52.5 Å². The summed E-state index contributed by atoms with van der Waals surface area (Å²) in [5.41, 5.74) is 0.667. The molecule has 8 heteroatoms. The van der Waals surface area contributed by atoms with E-state index in [4.69, 9.17) is 0 Å². The molecule has 1 aliphatic carbocycles. The van der Waals surface area contributed by atoms with Crippen LogP contribution in [0.25, 0.3) is 10.9 Å². The van der Waals surface area contributed by atoms with Crippen molar-refractivity contribution in [2.75, 3.05) is 37.6 Å². The van der Waals surface area contributed by atoms with E-state index in [0.29, 0.717) is 11.2 Å². The van der Waals surface area contributed by atoms with Crippen molar-refractivity contribution in [3.8, 4) is 0 Å². The molecule has 0 amide bonds. The Morgan fingerprint density at radius 3 is 2.59 bits per heavy atom. The second-order valence-electron chi connectivity index (χ2n) is 7.64. The second-order valence-corrected chi connectivity index (χ2v) is 7.64. The highest BCUT2D eigenvalue weighted by Gasteiger charge is 2.26. The number of aromatic nitrogens is 2. The van der Waals surface area contributed by atoms with Gasteiger partial charge in [0.25, 0.3) is 11.2 Å². The van der Waals surface area contributed by atoms with Gasteiger partial charge in [-0.2, -0.15) is 0 Å². The highest BCUT2D eigenvalue weighted by molar-refractivity contribution is 5.87. The first-order valence-corrected chi connectivity index (χ1v) is 9.75. The van der Waals surface area contributed by atoms with Gasteiger partial charge in [-0.3, -0.25) is 19.8 Å². The number of anilines is 1. The number of H-pyrrole nitrogens is 1. The molecule has 1 aromatic heterocycles. The number of nitrogens with zero attached hydrogens (tertiary/aromatic N) is 4. The lowest BCUT2D eigenvalue weighted by Gasteiger charge is -2.38. The average molecular weight is 371 g/mol. The van der Waals surface area contributed by atoms with Gasteiger partial charge < -0.3 is 9.88 Å². The molecule has 1 aromatic carbocycles. The van der Waals surface area contributed by atoms with Gasteiger partial charge in [0.15, 0.2) is 0 Å². The van der Waals surface area contributed by atoms with Crippen molar-refractivity contribution in [2.24, 2.45) is 5.92 Å². The lowest BCUT2D eigenvalue weighted by Crippen LogP contribution is -2.48. The van der Waals surface area contributed by atoms with Crippen LogP contribution in [0.4, 0.5) is 11.4 Å². The third-order valence-corrected chi connectivity index (χ3v) is 5.89. The summed E-state index contributed by atoms with van der Waals surface area (Å²) < 4.78 is 0. The van der Waals surface area contributed by atoms with Crippen LogP contribution in [0.1, 0.15) is 32.1 Å². The highest BCUT2D eigenvalue weighted by atomic mass is 16.6. The van der Waals surface area contributed by atoms with E-state index in [1.54, 1.807) is 6.07 Å². The van der Waals surface area contributed by atoms with Gasteiger partial charge in [-0.1, -0.05) is 19.3 Å². The Balaban J connectivity index is 1.52. The smallest absolute Gasteiger partial charge is 0.293 e. The summed E-state index contributed by atoms with van der Waals surface area (Å²) >= 11 is 0. The molecule has 0 bridgehead atoms. The zero-order valence-electron chi connectivity index (χ0n) is 15.4. The molecule has 27 heavy (non-hydrogen) atoms. The first kappa shape index (κ1) is 17.9. The van der Waals surface area contributed by atoms with Gasteiger partial charge in [0.1, 0.15) is 5.69 Å². The first-order valence-electron chi connectivity index (χ1n) is 9.75. The number of hydrogen-bond donors (Lipinski definition) is 1. The minimum absolute atomic E-state index is 0.0262. The first-order chi connectivity index (χ1) is 13.1. The molecule has 0 spiro atoms. The molecule has 0 unspecified atom stereocenters. The van der Waals surface area contributed by atoms with Crippen LogP contribution >= 0.6 is 0 Å². The van der Waals surface area contributed by atoms with Crippen molar-refractivity contribution in [1.82, 2.24) is 14.9 Å². The minimum atomic E-state index is -0.407. The lowest BCUT2D eigenvalue weighted by molar-refractivity contribution is -0.384. The van der Waals surface area contributed by atoms with E-state index in [9.17, 15) is 14.9 Å². The van der Waals surface area contributed by atoms with E-state index in [2.05, 4.69) is 19.8 Å². The summed E-state index contributed by atoms with van der Waals surface area (Å²) in [5.74, 6) is 0.802. The summed E-state index contributed by atoms with van der Waals surface area (Å²) in [6.45, 7) is 4.47. The number of benzene rings is 1. The van der Waals surface area contributed by atoms with Gasteiger partial charge in [0.2, 0.25) is 0 Å². The SMILES string of the molecule is O=c1[nH]cnc2cc(N3CCN(CC4CCCCC4)CC3)c([N+](=O)[O-])cc12. The molecule has 0 atom stereocenters. The van der Waals surface area contributed by atoms with Crippen molar-refractivity contribution in [3.05, 3.63) is 38.9 Å². The van der Waals surface area contributed by atoms with Crippen LogP contribution in [0, 0.1) is 16.0 Å². The monoisotopic (exact) mass is 371 g/mol. The fraction of sp³-hybridized carbons (Fsp3) is 0.579. The van der Waals surface area contributed by atoms with Gasteiger partial charge in [-0.25, -0.2) is 4.98 Å². The van der Waals surface area contributed by atoms with Gasteiger partial charge in [0.05, 0.1) is 22.2 Å². The van der Waals surface area contributed by atoms with Crippen LogP contribution < -0.4 is 10.5 Å². The third-order valence-electron chi connectivity index (χ3n) is 5.89. The molecule has 2 aliphatic rings. The fourth-order valence-electron chi connectivity index (χ4n) is 4.40. The Bertz CT molecular complexity index is 883. The average Bonchev–Trinajstić information content (AvgIpc) is 2.69. The molecular formula is C19H25N5O3. The number of hydrogen-bond acceptors (Lipinski definition) is 6. The molecule has 0 radical (unpaired) electrons. The van der Waals surface area contributed by atoms with E-state index < -0.39 is 4.92 Å². The Hall–Kier alpha value is -2.48. The zero-order valence-corrected chi connectivity index (χ0v) is 15.4. The van der Waals surface area contributed by atoms with E-state index in [-0.39, 0.29) is 16.6 Å². The maximum Gasteiger partial charge on any atom is 0.293 e. The summed E-state index contributed by atoms with van der Waals surface area (Å²) in [6.07, 6.45) is 8.06. The molecule has 2 aromatic rings. The number of nitro groups is 1. The molecule has 1 aliphatic heterocycles. The number of nitro benzene ring substituents is 1. The van der Waals surface area contributed by atoms with Crippen LogP contribution in [0.2, 0.25) is 0 Å². The highest BCUT2D eigenvalue weighted by Crippen LogP contribution is 2.32. The molecule has 2 heterocycles. The maximum atomic E-state index is 11.9. The van der Waals surface area contributed by atoms with E-state index >= 15 is 0 Å². The van der Waals surface area contributed by atoms with Gasteiger partial charge in [0, 0.05) is 38.8 Å². The van der Waals surface area contributed by atoms with E-state index in [1.807, 2.05) is 0 Å². The molecule has 144 valence electrons. The molecule has 4 rings (SSSR count). The van der Waals surface area contributed by atoms with Crippen molar-refractivity contribution in [1.29, 1.82) is 0 Å². The second kappa shape index (κ2) is 7.64. The van der Waals surface area contributed by atoms with E-state index in [0.717, 1.165) is 38.6 Å². The molecule has 1 N–H and O–H groups in total.